The first-order chi connectivity index (χ1) is 10.6. The molecular weight excluding hydrogens is 286 g/mol. The summed E-state index contributed by atoms with van der Waals surface area (Å²) in [6, 6.07) is 6.74. The summed E-state index contributed by atoms with van der Waals surface area (Å²) in [6.45, 7) is 0.684. The zero-order valence-electron chi connectivity index (χ0n) is 12.2. The van der Waals surface area contributed by atoms with Gasteiger partial charge in [0.05, 0.1) is 30.8 Å². The van der Waals surface area contributed by atoms with Crippen LogP contribution in [-0.2, 0) is 27.8 Å². The number of rotatable bonds is 3. The van der Waals surface area contributed by atoms with Crippen LogP contribution in [0.3, 0.4) is 0 Å². The Morgan fingerprint density at radius 1 is 1.41 bits per heavy atom. The van der Waals surface area contributed by atoms with E-state index in [2.05, 4.69) is 5.10 Å². The molecule has 0 saturated carbocycles. The van der Waals surface area contributed by atoms with Gasteiger partial charge in [-0.1, -0.05) is 18.2 Å². The molecule has 1 fully saturated rings. The minimum atomic E-state index is -1.04. The Bertz CT molecular complexity index is 725. The van der Waals surface area contributed by atoms with E-state index < -0.39 is 12.0 Å². The highest BCUT2D eigenvalue weighted by Gasteiger charge is 2.33. The van der Waals surface area contributed by atoms with Crippen molar-refractivity contribution >= 4 is 22.8 Å². The number of amides is 1. The normalized spacial score (nSPS) is 18.6. The maximum Gasteiger partial charge on any atom is 0.328 e. The molecule has 2 aromatic rings. The number of aromatic nitrogens is 2. The van der Waals surface area contributed by atoms with Gasteiger partial charge in [-0.05, 0) is 6.07 Å². The Labute approximate surface area is 127 Å². The summed E-state index contributed by atoms with van der Waals surface area (Å²) in [5, 5.41) is 14.5. The summed E-state index contributed by atoms with van der Waals surface area (Å²) in [6.07, 6.45) is 0.0884. The van der Waals surface area contributed by atoms with Crippen molar-refractivity contribution < 1.29 is 19.4 Å². The Morgan fingerprint density at radius 2 is 2.18 bits per heavy atom. The van der Waals surface area contributed by atoms with Crippen LogP contribution >= 0.6 is 0 Å². The fraction of sp³-hybridized carbons (Fsp3) is 0.400. The number of morpholine rings is 1. The highest BCUT2D eigenvalue weighted by molar-refractivity contribution is 5.89. The summed E-state index contributed by atoms with van der Waals surface area (Å²) in [5.41, 5.74) is 1.61. The van der Waals surface area contributed by atoms with Gasteiger partial charge in [0.2, 0.25) is 5.91 Å². The average Bonchev–Trinajstić information content (AvgIpc) is 2.84. The number of ether oxygens (including phenoxy) is 1. The van der Waals surface area contributed by atoms with Crippen LogP contribution in [0.4, 0.5) is 0 Å². The molecule has 1 N–H and O–H groups in total. The van der Waals surface area contributed by atoms with E-state index in [4.69, 9.17) is 4.74 Å². The van der Waals surface area contributed by atoms with Gasteiger partial charge < -0.3 is 14.7 Å². The van der Waals surface area contributed by atoms with Gasteiger partial charge in [0, 0.05) is 19.0 Å². The quantitative estimate of drug-likeness (QED) is 0.888. The van der Waals surface area contributed by atoms with Gasteiger partial charge in [-0.15, -0.1) is 0 Å². The number of hydrogen-bond acceptors (Lipinski definition) is 4. The minimum absolute atomic E-state index is 0.0318. The van der Waals surface area contributed by atoms with Crippen LogP contribution in [-0.4, -0.2) is 57.5 Å². The Balaban J connectivity index is 1.85. The highest BCUT2D eigenvalue weighted by Crippen LogP contribution is 2.19. The fourth-order valence-corrected chi connectivity index (χ4v) is 2.77. The number of carboxylic acids is 1. The van der Waals surface area contributed by atoms with Crippen molar-refractivity contribution in [3.8, 4) is 0 Å². The standard InChI is InChI=1S/C15H17N3O4/c1-17-12-5-3-2-4-10(12)11(16-17)8-14(19)18-6-7-22-9-13(18)15(20)21/h2-5,13H,6-9H2,1H3,(H,20,21). The van der Waals surface area contributed by atoms with Crippen LogP contribution in [0.25, 0.3) is 10.9 Å². The van der Waals surface area contributed by atoms with Gasteiger partial charge in [-0.3, -0.25) is 9.48 Å². The molecule has 1 amide bonds. The molecule has 1 aromatic carbocycles. The van der Waals surface area contributed by atoms with Gasteiger partial charge in [0.1, 0.15) is 0 Å². The van der Waals surface area contributed by atoms with Gasteiger partial charge in [0.25, 0.3) is 0 Å². The van der Waals surface area contributed by atoms with Crippen molar-refractivity contribution in [3.05, 3.63) is 30.0 Å². The molecule has 1 aromatic heterocycles. The molecule has 0 bridgehead atoms. The lowest BCUT2D eigenvalue weighted by Crippen LogP contribution is -2.53. The van der Waals surface area contributed by atoms with E-state index >= 15 is 0 Å². The van der Waals surface area contributed by atoms with E-state index in [1.807, 2.05) is 31.3 Å². The maximum absolute atomic E-state index is 12.5. The third-order valence-corrected chi connectivity index (χ3v) is 3.89. The van der Waals surface area contributed by atoms with E-state index in [1.54, 1.807) is 4.68 Å². The molecule has 1 aliphatic rings. The van der Waals surface area contributed by atoms with Crippen LogP contribution in [0, 0.1) is 0 Å². The SMILES string of the molecule is Cn1nc(CC(=O)N2CCOCC2C(=O)O)c2ccccc21. The number of carboxylic acid groups (broad SMARTS) is 1. The number of para-hydroxylation sites is 1. The molecule has 0 spiro atoms. The van der Waals surface area contributed by atoms with Gasteiger partial charge >= 0.3 is 5.97 Å². The number of hydrogen-bond donors (Lipinski definition) is 1. The van der Waals surface area contributed by atoms with Gasteiger partial charge in [-0.2, -0.15) is 5.10 Å². The zero-order chi connectivity index (χ0) is 15.7. The van der Waals surface area contributed by atoms with Gasteiger partial charge in [0.15, 0.2) is 6.04 Å². The average molecular weight is 303 g/mol. The van der Waals surface area contributed by atoms with Crippen LogP contribution < -0.4 is 0 Å². The minimum Gasteiger partial charge on any atom is -0.480 e. The first-order valence-corrected chi connectivity index (χ1v) is 7.08. The molecule has 7 heteroatoms. The molecule has 1 saturated heterocycles. The van der Waals surface area contributed by atoms with Crippen LogP contribution in [0.5, 0.6) is 0 Å². The summed E-state index contributed by atoms with van der Waals surface area (Å²) >= 11 is 0. The lowest BCUT2D eigenvalue weighted by molar-refractivity contribution is -0.158. The van der Waals surface area contributed by atoms with Crippen molar-refractivity contribution in [3.63, 3.8) is 0 Å². The Morgan fingerprint density at radius 3 is 2.95 bits per heavy atom. The summed E-state index contributed by atoms with van der Waals surface area (Å²) in [4.78, 5) is 25.1. The van der Waals surface area contributed by atoms with E-state index in [1.165, 1.54) is 4.90 Å². The summed E-state index contributed by atoms with van der Waals surface area (Å²) < 4.78 is 6.88. The molecule has 116 valence electrons. The second kappa shape index (κ2) is 5.76. The third kappa shape index (κ3) is 2.55. The maximum atomic E-state index is 12.5. The lowest BCUT2D eigenvalue weighted by Gasteiger charge is -2.32. The van der Waals surface area contributed by atoms with Crippen LogP contribution in [0.15, 0.2) is 24.3 Å². The Hall–Kier alpha value is -2.41. The zero-order valence-corrected chi connectivity index (χ0v) is 12.2. The monoisotopic (exact) mass is 303 g/mol. The fourth-order valence-electron chi connectivity index (χ4n) is 2.77. The topological polar surface area (TPSA) is 84.7 Å². The van der Waals surface area contributed by atoms with E-state index in [9.17, 15) is 14.7 Å². The largest absolute Gasteiger partial charge is 0.480 e. The van der Waals surface area contributed by atoms with E-state index in [0.717, 1.165) is 10.9 Å². The number of aryl methyl sites for hydroxylation is 1. The number of fused-ring (bicyclic) bond motifs is 1. The number of carbonyl (C=O) groups is 2. The molecule has 7 nitrogen and oxygen atoms in total. The number of benzene rings is 1. The van der Waals surface area contributed by atoms with Crippen molar-refractivity contribution in [2.75, 3.05) is 19.8 Å². The van der Waals surface area contributed by atoms with E-state index in [0.29, 0.717) is 18.8 Å². The second-order valence-electron chi connectivity index (χ2n) is 5.28. The molecule has 0 radical (unpaired) electrons. The molecule has 1 unspecified atom stereocenters. The molecular formula is C15H17N3O4. The number of carbonyl (C=O) groups excluding carboxylic acids is 1. The molecule has 22 heavy (non-hydrogen) atoms. The van der Waals surface area contributed by atoms with Crippen molar-refractivity contribution in [2.24, 2.45) is 7.05 Å². The Kier molecular flexibility index (Phi) is 3.81. The van der Waals surface area contributed by atoms with Crippen molar-refractivity contribution in [1.82, 2.24) is 14.7 Å². The van der Waals surface area contributed by atoms with Crippen LogP contribution in [0.1, 0.15) is 5.69 Å². The summed E-state index contributed by atoms with van der Waals surface area (Å²) in [5.74, 6) is -1.28. The molecule has 2 heterocycles. The second-order valence-corrected chi connectivity index (χ2v) is 5.28. The third-order valence-electron chi connectivity index (χ3n) is 3.89. The van der Waals surface area contributed by atoms with Crippen LogP contribution in [0.2, 0.25) is 0 Å². The summed E-state index contributed by atoms with van der Waals surface area (Å²) in [7, 11) is 1.82. The van der Waals surface area contributed by atoms with Crippen molar-refractivity contribution in [2.45, 2.75) is 12.5 Å². The lowest BCUT2D eigenvalue weighted by atomic mass is 10.1. The molecule has 1 aliphatic heterocycles. The first kappa shape index (κ1) is 14.5. The number of aliphatic carboxylic acids is 1. The number of nitrogens with zero attached hydrogens (tertiary/aromatic N) is 3. The predicted octanol–water partition coefficient (Wildman–Crippen LogP) is 0.428. The highest BCUT2D eigenvalue weighted by atomic mass is 16.5. The molecule has 3 rings (SSSR count). The molecule has 0 aliphatic carbocycles. The van der Waals surface area contributed by atoms with E-state index in [-0.39, 0.29) is 18.9 Å². The molecule has 1 atom stereocenters. The van der Waals surface area contributed by atoms with Gasteiger partial charge in [-0.25, -0.2) is 4.79 Å². The predicted molar refractivity (Wildman–Crippen MR) is 78.4 cm³/mol. The smallest absolute Gasteiger partial charge is 0.328 e. The first-order valence-electron chi connectivity index (χ1n) is 7.08. The van der Waals surface area contributed by atoms with Crippen molar-refractivity contribution in [1.29, 1.82) is 0 Å².